The molecule has 6 nitrogen and oxygen atoms in total. The number of aromatic nitrogens is 1. The fraction of sp³-hybridized carbons (Fsp3) is 0.600. The molecule has 2 aliphatic heterocycles. The molecule has 1 N–H and O–H groups in total. The Bertz CT molecular complexity index is 554. The van der Waals surface area contributed by atoms with Crippen LogP contribution in [0.4, 0.5) is 0 Å². The Morgan fingerprint density at radius 3 is 2.95 bits per heavy atom. The molecule has 2 unspecified atom stereocenters. The van der Waals surface area contributed by atoms with Crippen molar-refractivity contribution in [2.45, 2.75) is 38.4 Å². The van der Waals surface area contributed by atoms with Gasteiger partial charge in [-0.05, 0) is 38.4 Å². The van der Waals surface area contributed by atoms with Gasteiger partial charge in [-0.25, -0.2) is 0 Å². The van der Waals surface area contributed by atoms with Crippen LogP contribution in [0.2, 0.25) is 0 Å². The average Bonchev–Trinajstić information content (AvgIpc) is 3.04. The number of piperazine rings is 1. The van der Waals surface area contributed by atoms with Gasteiger partial charge >= 0.3 is 5.97 Å². The lowest BCUT2D eigenvalue weighted by Gasteiger charge is -2.42. The molecule has 114 valence electrons. The molecule has 2 fully saturated rings. The lowest BCUT2D eigenvalue weighted by atomic mass is 10.1. The predicted octanol–water partition coefficient (Wildman–Crippen LogP) is 0.881. The molecule has 0 aliphatic carbocycles. The van der Waals surface area contributed by atoms with Crippen LogP contribution in [0.1, 0.15) is 30.3 Å². The Balaban J connectivity index is 1.78. The monoisotopic (exact) mass is 291 g/mol. The van der Waals surface area contributed by atoms with Gasteiger partial charge in [-0.15, -0.1) is 0 Å². The highest BCUT2D eigenvalue weighted by molar-refractivity contribution is 5.93. The first-order chi connectivity index (χ1) is 10.1. The summed E-state index contributed by atoms with van der Waals surface area (Å²) in [5.74, 6) is -0.991. The second-order valence-corrected chi connectivity index (χ2v) is 6.01. The Hall–Kier alpha value is -1.82. The molecule has 1 aromatic rings. The van der Waals surface area contributed by atoms with Crippen LogP contribution < -0.4 is 0 Å². The number of fused-ring (bicyclic) bond motifs is 1. The van der Waals surface area contributed by atoms with E-state index in [1.807, 2.05) is 4.90 Å². The quantitative estimate of drug-likeness (QED) is 0.898. The molecule has 2 atom stereocenters. The minimum atomic E-state index is -0.936. The van der Waals surface area contributed by atoms with Crippen molar-refractivity contribution in [3.8, 4) is 0 Å². The Kier molecular flexibility index (Phi) is 3.71. The topological polar surface area (TPSA) is 65.8 Å². The average molecular weight is 291 g/mol. The first-order valence-corrected chi connectivity index (χ1v) is 7.48. The van der Waals surface area contributed by atoms with Crippen LogP contribution in [-0.4, -0.2) is 63.1 Å². The molecule has 0 aromatic carbocycles. The van der Waals surface area contributed by atoms with E-state index < -0.39 is 5.97 Å². The van der Waals surface area contributed by atoms with Gasteiger partial charge in [0.05, 0.1) is 0 Å². The van der Waals surface area contributed by atoms with Crippen LogP contribution in [0.5, 0.6) is 0 Å². The maximum Gasteiger partial charge on any atom is 0.323 e. The van der Waals surface area contributed by atoms with Gasteiger partial charge in [0.1, 0.15) is 12.2 Å². The standard InChI is InChI=1S/C15H21N3O3/c1-11-8-16-6-2-4-12(16)9-18(11)15(21)13-5-3-7-17(13)10-14(19)20/h3,5,7,11-12H,2,4,6,8-10H2,1H3,(H,19,20). The van der Waals surface area contributed by atoms with Gasteiger partial charge in [0.15, 0.2) is 0 Å². The molecule has 3 rings (SSSR count). The van der Waals surface area contributed by atoms with Crippen LogP contribution in [0.25, 0.3) is 0 Å². The molecule has 1 aromatic heterocycles. The molecule has 2 aliphatic rings. The number of aliphatic carboxylic acids is 1. The van der Waals surface area contributed by atoms with E-state index >= 15 is 0 Å². The fourth-order valence-electron chi connectivity index (χ4n) is 3.51. The summed E-state index contributed by atoms with van der Waals surface area (Å²) in [7, 11) is 0. The van der Waals surface area contributed by atoms with Crippen LogP contribution in [0.3, 0.4) is 0 Å². The lowest BCUT2D eigenvalue weighted by Crippen LogP contribution is -2.57. The van der Waals surface area contributed by atoms with Crippen LogP contribution in [0.15, 0.2) is 18.3 Å². The normalized spacial score (nSPS) is 25.9. The van der Waals surface area contributed by atoms with E-state index in [0.717, 1.165) is 26.1 Å². The number of amides is 1. The third kappa shape index (κ3) is 2.68. The van der Waals surface area contributed by atoms with E-state index in [9.17, 15) is 9.59 Å². The third-order valence-electron chi connectivity index (χ3n) is 4.55. The van der Waals surface area contributed by atoms with Crippen molar-refractivity contribution in [3.05, 3.63) is 24.0 Å². The molecular weight excluding hydrogens is 270 g/mol. The predicted molar refractivity (Wildman–Crippen MR) is 77.2 cm³/mol. The maximum atomic E-state index is 12.8. The maximum absolute atomic E-state index is 12.8. The summed E-state index contributed by atoms with van der Waals surface area (Å²) >= 11 is 0. The zero-order valence-electron chi connectivity index (χ0n) is 12.2. The molecule has 0 radical (unpaired) electrons. The highest BCUT2D eigenvalue weighted by Crippen LogP contribution is 2.25. The molecule has 21 heavy (non-hydrogen) atoms. The zero-order valence-corrected chi connectivity index (χ0v) is 12.2. The summed E-state index contributed by atoms with van der Waals surface area (Å²) in [6, 6.07) is 4.07. The van der Waals surface area contributed by atoms with Crippen molar-refractivity contribution >= 4 is 11.9 Å². The summed E-state index contributed by atoms with van der Waals surface area (Å²) < 4.78 is 1.51. The van der Waals surface area contributed by atoms with Crippen molar-refractivity contribution in [3.63, 3.8) is 0 Å². The summed E-state index contributed by atoms with van der Waals surface area (Å²) in [6.07, 6.45) is 4.00. The zero-order chi connectivity index (χ0) is 15.0. The summed E-state index contributed by atoms with van der Waals surface area (Å²) in [5, 5.41) is 8.92. The summed E-state index contributed by atoms with van der Waals surface area (Å²) in [5.41, 5.74) is 0.468. The van der Waals surface area contributed by atoms with Crippen LogP contribution in [-0.2, 0) is 11.3 Å². The second kappa shape index (κ2) is 5.52. The van der Waals surface area contributed by atoms with Gasteiger partial charge in [-0.1, -0.05) is 0 Å². The number of carboxylic acids is 1. The Labute approximate surface area is 123 Å². The van der Waals surface area contributed by atoms with Gasteiger partial charge in [0, 0.05) is 31.4 Å². The molecular formula is C15H21N3O3. The first kappa shape index (κ1) is 14.1. The number of hydrogen-bond acceptors (Lipinski definition) is 3. The SMILES string of the molecule is CC1CN2CCCC2CN1C(=O)c1cccn1CC(=O)O. The van der Waals surface area contributed by atoms with E-state index in [1.165, 1.54) is 11.0 Å². The molecule has 3 heterocycles. The second-order valence-electron chi connectivity index (χ2n) is 6.01. The van der Waals surface area contributed by atoms with Gasteiger partial charge < -0.3 is 14.6 Å². The van der Waals surface area contributed by atoms with Crippen molar-refractivity contribution in [1.29, 1.82) is 0 Å². The highest BCUT2D eigenvalue weighted by Gasteiger charge is 2.37. The lowest BCUT2D eigenvalue weighted by molar-refractivity contribution is -0.137. The molecule has 0 saturated carbocycles. The number of nitrogens with zero attached hydrogens (tertiary/aromatic N) is 3. The number of rotatable bonds is 3. The Morgan fingerprint density at radius 2 is 2.19 bits per heavy atom. The number of carboxylic acid groups (broad SMARTS) is 1. The van der Waals surface area contributed by atoms with Crippen molar-refractivity contribution in [1.82, 2.24) is 14.4 Å². The van der Waals surface area contributed by atoms with E-state index in [4.69, 9.17) is 5.11 Å². The van der Waals surface area contributed by atoms with Gasteiger partial charge in [-0.2, -0.15) is 0 Å². The van der Waals surface area contributed by atoms with E-state index in [-0.39, 0.29) is 18.5 Å². The molecule has 0 bridgehead atoms. The fourth-order valence-corrected chi connectivity index (χ4v) is 3.51. The molecule has 0 spiro atoms. The van der Waals surface area contributed by atoms with Crippen molar-refractivity contribution < 1.29 is 14.7 Å². The van der Waals surface area contributed by atoms with Gasteiger partial charge in [0.2, 0.25) is 0 Å². The van der Waals surface area contributed by atoms with Crippen LogP contribution >= 0.6 is 0 Å². The van der Waals surface area contributed by atoms with Crippen LogP contribution in [0, 0.1) is 0 Å². The Morgan fingerprint density at radius 1 is 1.38 bits per heavy atom. The molecule has 1 amide bonds. The van der Waals surface area contributed by atoms with Gasteiger partial charge in [0.25, 0.3) is 5.91 Å². The summed E-state index contributed by atoms with van der Waals surface area (Å²) in [6.45, 7) is 4.68. The highest BCUT2D eigenvalue weighted by atomic mass is 16.4. The smallest absolute Gasteiger partial charge is 0.323 e. The van der Waals surface area contributed by atoms with Gasteiger partial charge in [-0.3, -0.25) is 14.5 Å². The van der Waals surface area contributed by atoms with E-state index in [1.54, 1.807) is 18.3 Å². The number of carbonyl (C=O) groups is 2. The minimum Gasteiger partial charge on any atom is -0.480 e. The number of carbonyl (C=O) groups excluding carboxylic acids is 1. The molecule has 6 heteroatoms. The largest absolute Gasteiger partial charge is 0.480 e. The third-order valence-corrected chi connectivity index (χ3v) is 4.55. The minimum absolute atomic E-state index is 0.0553. The van der Waals surface area contributed by atoms with Crippen molar-refractivity contribution in [2.75, 3.05) is 19.6 Å². The van der Waals surface area contributed by atoms with E-state index in [2.05, 4.69) is 11.8 Å². The first-order valence-electron chi connectivity index (χ1n) is 7.48. The van der Waals surface area contributed by atoms with E-state index in [0.29, 0.717) is 11.7 Å². The van der Waals surface area contributed by atoms with Crippen molar-refractivity contribution in [2.24, 2.45) is 0 Å². The number of hydrogen-bond donors (Lipinski definition) is 1. The molecule has 2 saturated heterocycles. The summed E-state index contributed by atoms with van der Waals surface area (Å²) in [4.78, 5) is 28.0.